The van der Waals surface area contributed by atoms with Crippen LogP contribution >= 0.6 is 11.3 Å². The Hall–Kier alpha value is -2.09. The Morgan fingerprint density at radius 3 is 2.77 bits per heavy atom. The van der Waals surface area contributed by atoms with Gasteiger partial charge in [-0.2, -0.15) is 0 Å². The van der Waals surface area contributed by atoms with Crippen molar-refractivity contribution in [3.8, 4) is 11.5 Å². The van der Waals surface area contributed by atoms with E-state index in [4.69, 9.17) is 14.2 Å². The molecule has 0 unspecified atom stereocenters. The SMILES string of the molecule is O=C(NC[C@@H](c1cccs1)N1CCOCC1)[C@@H]1COc2ccccc2O1. The number of hydrogen-bond donors (Lipinski definition) is 1. The van der Waals surface area contributed by atoms with Crippen LogP contribution in [0.15, 0.2) is 41.8 Å². The molecule has 6 nitrogen and oxygen atoms in total. The van der Waals surface area contributed by atoms with Crippen LogP contribution in [-0.2, 0) is 9.53 Å². The van der Waals surface area contributed by atoms with Crippen LogP contribution in [0.4, 0.5) is 0 Å². The Bertz CT molecular complexity index is 731. The third kappa shape index (κ3) is 3.85. The second-order valence-electron chi connectivity index (χ2n) is 6.29. The van der Waals surface area contributed by atoms with Crippen LogP contribution in [0.2, 0.25) is 0 Å². The monoisotopic (exact) mass is 374 g/mol. The Morgan fingerprint density at radius 2 is 2.00 bits per heavy atom. The van der Waals surface area contributed by atoms with Crippen LogP contribution in [0, 0.1) is 0 Å². The van der Waals surface area contributed by atoms with Gasteiger partial charge in [-0.3, -0.25) is 9.69 Å². The molecule has 0 bridgehead atoms. The number of amides is 1. The third-order valence-corrected chi connectivity index (χ3v) is 5.60. The average Bonchev–Trinajstić information content (AvgIpc) is 3.23. The lowest BCUT2D eigenvalue weighted by molar-refractivity contribution is -0.130. The largest absolute Gasteiger partial charge is 0.485 e. The molecule has 1 amide bonds. The van der Waals surface area contributed by atoms with Gasteiger partial charge >= 0.3 is 0 Å². The van der Waals surface area contributed by atoms with Gasteiger partial charge in [0.1, 0.15) is 6.61 Å². The molecule has 0 saturated carbocycles. The van der Waals surface area contributed by atoms with Crippen molar-refractivity contribution in [3.63, 3.8) is 0 Å². The number of fused-ring (bicyclic) bond motifs is 1. The highest BCUT2D eigenvalue weighted by Gasteiger charge is 2.29. The fraction of sp³-hybridized carbons (Fsp3) is 0.421. The molecular formula is C19H22N2O4S. The molecule has 2 aromatic rings. The highest BCUT2D eigenvalue weighted by molar-refractivity contribution is 7.10. The number of hydrogen-bond acceptors (Lipinski definition) is 6. The van der Waals surface area contributed by atoms with Crippen molar-refractivity contribution in [1.29, 1.82) is 0 Å². The van der Waals surface area contributed by atoms with E-state index in [1.54, 1.807) is 11.3 Å². The fourth-order valence-corrected chi connectivity index (χ4v) is 4.10. The van der Waals surface area contributed by atoms with Gasteiger partial charge in [0.25, 0.3) is 5.91 Å². The van der Waals surface area contributed by atoms with Crippen molar-refractivity contribution in [2.24, 2.45) is 0 Å². The van der Waals surface area contributed by atoms with E-state index in [2.05, 4.69) is 21.7 Å². The molecule has 1 fully saturated rings. The molecule has 1 saturated heterocycles. The number of thiophene rings is 1. The van der Waals surface area contributed by atoms with E-state index in [-0.39, 0.29) is 18.6 Å². The van der Waals surface area contributed by atoms with Gasteiger partial charge in [0.2, 0.25) is 6.10 Å². The zero-order valence-corrected chi connectivity index (χ0v) is 15.2. The van der Waals surface area contributed by atoms with Crippen molar-refractivity contribution in [2.75, 3.05) is 39.5 Å². The number of ether oxygens (including phenoxy) is 3. The predicted octanol–water partition coefficient (Wildman–Crippen LogP) is 2.08. The normalized spacial score (nSPS) is 21.2. The second-order valence-corrected chi connectivity index (χ2v) is 7.27. The summed E-state index contributed by atoms with van der Waals surface area (Å²) in [4.78, 5) is 16.2. The molecule has 7 heteroatoms. The minimum Gasteiger partial charge on any atom is -0.485 e. The van der Waals surface area contributed by atoms with E-state index >= 15 is 0 Å². The molecule has 1 aromatic heterocycles. The van der Waals surface area contributed by atoms with Gasteiger partial charge in [-0.05, 0) is 23.6 Å². The average molecular weight is 374 g/mol. The van der Waals surface area contributed by atoms with Gasteiger partial charge in [0, 0.05) is 24.5 Å². The van der Waals surface area contributed by atoms with E-state index < -0.39 is 6.10 Å². The molecule has 26 heavy (non-hydrogen) atoms. The first kappa shape index (κ1) is 17.3. The first-order valence-corrected chi connectivity index (χ1v) is 9.70. The van der Waals surface area contributed by atoms with Crippen molar-refractivity contribution in [3.05, 3.63) is 46.7 Å². The van der Waals surface area contributed by atoms with Gasteiger partial charge in [0.15, 0.2) is 11.5 Å². The standard InChI is InChI=1S/C19H22N2O4S/c22-19(17-13-24-15-4-1-2-5-16(15)25-17)20-12-14(18-6-3-11-26-18)21-7-9-23-10-8-21/h1-6,11,14,17H,7-10,12-13H2,(H,20,22)/t14-,17-/m0/s1. The molecule has 1 N–H and O–H groups in total. The van der Waals surface area contributed by atoms with Crippen molar-refractivity contribution in [1.82, 2.24) is 10.2 Å². The zero-order valence-electron chi connectivity index (χ0n) is 14.4. The molecular weight excluding hydrogens is 352 g/mol. The van der Waals surface area contributed by atoms with Crippen molar-refractivity contribution >= 4 is 17.2 Å². The van der Waals surface area contributed by atoms with E-state index in [0.717, 1.165) is 26.3 Å². The molecule has 3 heterocycles. The van der Waals surface area contributed by atoms with Crippen LogP contribution in [0.25, 0.3) is 0 Å². The minimum absolute atomic E-state index is 0.144. The minimum atomic E-state index is -0.626. The number of carbonyl (C=O) groups is 1. The Labute approximate surface area is 156 Å². The van der Waals surface area contributed by atoms with E-state index in [0.29, 0.717) is 18.0 Å². The lowest BCUT2D eigenvalue weighted by atomic mass is 10.1. The summed E-state index contributed by atoms with van der Waals surface area (Å²) in [5.41, 5.74) is 0. The first-order valence-electron chi connectivity index (χ1n) is 8.82. The lowest BCUT2D eigenvalue weighted by Gasteiger charge is -2.34. The Balaban J connectivity index is 1.39. The van der Waals surface area contributed by atoms with Crippen molar-refractivity contribution < 1.29 is 19.0 Å². The molecule has 1 aromatic carbocycles. The van der Waals surface area contributed by atoms with E-state index in [1.165, 1.54) is 4.88 Å². The van der Waals surface area contributed by atoms with Crippen LogP contribution < -0.4 is 14.8 Å². The Kier molecular flexibility index (Phi) is 5.38. The van der Waals surface area contributed by atoms with Crippen LogP contribution in [0.3, 0.4) is 0 Å². The maximum Gasteiger partial charge on any atom is 0.264 e. The maximum atomic E-state index is 12.6. The summed E-state index contributed by atoms with van der Waals surface area (Å²) in [5.74, 6) is 1.15. The van der Waals surface area contributed by atoms with Crippen LogP contribution in [0.1, 0.15) is 10.9 Å². The number of para-hydroxylation sites is 2. The number of rotatable bonds is 5. The molecule has 2 atom stereocenters. The maximum absolute atomic E-state index is 12.6. The number of nitrogens with zero attached hydrogens (tertiary/aromatic N) is 1. The molecule has 2 aliphatic heterocycles. The van der Waals surface area contributed by atoms with E-state index in [1.807, 2.05) is 30.3 Å². The molecule has 4 rings (SSSR count). The van der Waals surface area contributed by atoms with Crippen LogP contribution in [0.5, 0.6) is 11.5 Å². The molecule has 2 aliphatic rings. The van der Waals surface area contributed by atoms with Gasteiger partial charge < -0.3 is 19.5 Å². The summed E-state index contributed by atoms with van der Waals surface area (Å²) >= 11 is 1.71. The highest BCUT2D eigenvalue weighted by atomic mass is 32.1. The summed E-state index contributed by atoms with van der Waals surface area (Å²) in [6, 6.07) is 11.7. The summed E-state index contributed by atoms with van der Waals surface area (Å²) in [6.45, 7) is 3.97. The molecule has 138 valence electrons. The summed E-state index contributed by atoms with van der Waals surface area (Å²) in [7, 11) is 0. The third-order valence-electron chi connectivity index (χ3n) is 4.63. The number of carbonyl (C=O) groups excluding carboxylic acids is 1. The summed E-state index contributed by atoms with van der Waals surface area (Å²) in [6.07, 6.45) is -0.626. The molecule has 0 radical (unpaired) electrons. The molecule has 0 spiro atoms. The summed E-state index contributed by atoms with van der Waals surface area (Å²) in [5, 5.41) is 5.12. The predicted molar refractivity (Wildman–Crippen MR) is 98.8 cm³/mol. The second kappa shape index (κ2) is 8.07. The zero-order chi connectivity index (χ0) is 17.8. The Morgan fingerprint density at radius 1 is 1.19 bits per heavy atom. The van der Waals surface area contributed by atoms with Crippen LogP contribution in [-0.4, -0.2) is 56.4 Å². The molecule has 0 aliphatic carbocycles. The fourth-order valence-electron chi connectivity index (χ4n) is 3.24. The number of benzene rings is 1. The highest BCUT2D eigenvalue weighted by Crippen LogP contribution is 2.31. The first-order chi connectivity index (χ1) is 12.8. The van der Waals surface area contributed by atoms with Gasteiger partial charge in [-0.25, -0.2) is 0 Å². The van der Waals surface area contributed by atoms with Gasteiger partial charge in [-0.1, -0.05) is 18.2 Å². The summed E-state index contributed by atoms with van der Waals surface area (Å²) < 4.78 is 16.9. The number of nitrogens with one attached hydrogen (secondary N) is 1. The van der Waals surface area contributed by atoms with Gasteiger partial charge in [0.05, 0.1) is 19.3 Å². The smallest absolute Gasteiger partial charge is 0.264 e. The van der Waals surface area contributed by atoms with Gasteiger partial charge in [-0.15, -0.1) is 11.3 Å². The lowest BCUT2D eigenvalue weighted by Crippen LogP contribution is -2.48. The van der Waals surface area contributed by atoms with E-state index in [9.17, 15) is 4.79 Å². The van der Waals surface area contributed by atoms with Crippen molar-refractivity contribution in [2.45, 2.75) is 12.1 Å². The quantitative estimate of drug-likeness (QED) is 0.868. The topological polar surface area (TPSA) is 60.0 Å². The number of morpholine rings is 1.